The van der Waals surface area contributed by atoms with E-state index in [1.807, 2.05) is 11.9 Å². The Labute approximate surface area is 95.4 Å². The number of likely N-dealkylation sites (N-methyl/N-ethyl adjacent to an activating group) is 1. The number of fused-ring (bicyclic) bond motifs is 1. The lowest BCUT2D eigenvalue weighted by Crippen LogP contribution is -2.53. The van der Waals surface area contributed by atoms with Crippen molar-refractivity contribution in [3.63, 3.8) is 0 Å². The highest BCUT2D eigenvalue weighted by Gasteiger charge is 2.43. The van der Waals surface area contributed by atoms with Gasteiger partial charge in [-0.2, -0.15) is 0 Å². The van der Waals surface area contributed by atoms with Crippen LogP contribution < -0.4 is 0 Å². The number of carboxylic acids is 1. The van der Waals surface area contributed by atoms with Crippen LogP contribution in [0.5, 0.6) is 0 Å². The maximum absolute atomic E-state index is 11.2. The smallest absolute Gasteiger partial charge is 0.321 e. The molecule has 4 unspecified atom stereocenters. The molecule has 0 radical (unpaired) electrons. The molecule has 0 bridgehead atoms. The van der Waals surface area contributed by atoms with Crippen LogP contribution >= 0.6 is 11.6 Å². The number of piperidine rings is 1. The predicted molar refractivity (Wildman–Crippen MR) is 59.1 cm³/mol. The fourth-order valence-corrected chi connectivity index (χ4v) is 3.50. The Morgan fingerprint density at radius 2 is 2.13 bits per heavy atom. The number of hydrogen-bond acceptors (Lipinski definition) is 2. The first-order valence-corrected chi connectivity index (χ1v) is 6.10. The molecule has 1 saturated carbocycles. The first kappa shape index (κ1) is 11.2. The largest absolute Gasteiger partial charge is 0.480 e. The zero-order chi connectivity index (χ0) is 11.0. The molecule has 0 amide bonds. The monoisotopic (exact) mass is 231 g/mol. The summed E-state index contributed by atoms with van der Waals surface area (Å²) in [7, 11) is 1.91. The van der Waals surface area contributed by atoms with Crippen molar-refractivity contribution in [2.24, 2.45) is 11.8 Å². The van der Waals surface area contributed by atoms with Gasteiger partial charge in [0.15, 0.2) is 0 Å². The second-order valence-electron chi connectivity index (χ2n) is 4.89. The normalized spacial score (nSPS) is 42.3. The van der Waals surface area contributed by atoms with E-state index in [9.17, 15) is 9.90 Å². The van der Waals surface area contributed by atoms with Crippen molar-refractivity contribution in [1.82, 2.24) is 4.90 Å². The molecule has 0 aromatic carbocycles. The Morgan fingerprint density at radius 3 is 2.80 bits per heavy atom. The molecule has 1 N–H and O–H groups in total. The molecule has 0 aromatic heterocycles. The molecule has 0 spiro atoms. The van der Waals surface area contributed by atoms with Gasteiger partial charge in [-0.1, -0.05) is 0 Å². The van der Waals surface area contributed by atoms with Crippen LogP contribution in [0.3, 0.4) is 0 Å². The molecule has 2 aliphatic rings. The van der Waals surface area contributed by atoms with Gasteiger partial charge in [-0.3, -0.25) is 9.69 Å². The Balaban J connectivity index is 2.15. The van der Waals surface area contributed by atoms with E-state index in [1.54, 1.807) is 0 Å². The minimum Gasteiger partial charge on any atom is -0.480 e. The van der Waals surface area contributed by atoms with E-state index in [4.69, 9.17) is 11.6 Å². The summed E-state index contributed by atoms with van der Waals surface area (Å²) in [5.41, 5.74) is 0. The second kappa shape index (κ2) is 4.30. The molecule has 4 atom stereocenters. The third kappa shape index (κ3) is 2.13. The highest BCUT2D eigenvalue weighted by atomic mass is 35.5. The average molecular weight is 232 g/mol. The molecule has 86 valence electrons. The maximum atomic E-state index is 11.2. The van der Waals surface area contributed by atoms with E-state index in [2.05, 4.69) is 0 Å². The standard InChI is InChI=1S/C11H18ClNO2/c1-13-5-4-7-2-3-8(12)6-9(7)10(13)11(14)15/h7-10H,2-6H2,1H3,(H,14,15). The first-order chi connectivity index (χ1) is 7.09. The molecule has 1 saturated heterocycles. The summed E-state index contributed by atoms with van der Waals surface area (Å²) in [4.78, 5) is 13.2. The SMILES string of the molecule is CN1CCC2CCC(Cl)CC2C1C(=O)O. The Hall–Kier alpha value is -0.280. The van der Waals surface area contributed by atoms with E-state index >= 15 is 0 Å². The van der Waals surface area contributed by atoms with Crippen molar-refractivity contribution in [1.29, 1.82) is 0 Å². The predicted octanol–water partition coefficient (Wildman–Crippen LogP) is 1.80. The van der Waals surface area contributed by atoms with Crippen LogP contribution in [0.4, 0.5) is 0 Å². The van der Waals surface area contributed by atoms with E-state index in [0.717, 1.165) is 32.2 Å². The zero-order valence-corrected chi connectivity index (χ0v) is 9.78. The summed E-state index contributed by atoms with van der Waals surface area (Å²) in [6.07, 6.45) is 4.16. The van der Waals surface area contributed by atoms with Crippen molar-refractivity contribution in [2.45, 2.75) is 37.1 Å². The van der Waals surface area contributed by atoms with Crippen LogP contribution in [-0.4, -0.2) is 41.0 Å². The minimum atomic E-state index is -0.682. The van der Waals surface area contributed by atoms with Gasteiger partial charge in [-0.25, -0.2) is 0 Å². The van der Waals surface area contributed by atoms with Crippen LogP contribution in [0.25, 0.3) is 0 Å². The number of carboxylic acid groups (broad SMARTS) is 1. The van der Waals surface area contributed by atoms with Gasteiger partial charge in [0.25, 0.3) is 0 Å². The van der Waals surface area contributed by atoms with E-state index in [1.165, 1.54) is 0 Å². The molecule has 1 aliphatic heterocycles. The number of carbonyl (C=O) groups is 1. The molecular weight excluding hydrogens is 214 g/mol. The quantitative estimate of drug-likeness (QED) is 0.700. The summed E-state index contributed by atoms with van der Waals surface area (Å²) in [6, 6.07) is -0.315. The molecule has 1 heterocycles. The number of rotatable bonds is 1. The fourth-order valence-electron chi connectivity index (χ4n) is 3.17. The van der Waals surface area contributed by atoms with Gasteiger partial charge < -0.3 is 5.11 Å². The summed E-state index contributed by atoms with van der Waals surface area (Å²) in [6.45, 7) is 0.908. The molecule has 2 fully saturated rings. The molecule has 15 heavy (non-hydrogen) atoms. The Morgan fingerprint density at radius 1 is 1.40 bits per heavy atom. The van der Waals surface area contributed by atoms with Crippen LogP contribution in [0.1, 0.15) is 25.7 Å². The lowest BCUT2D eigenvalue weighted by Gasteiger charge is -2.45. The highest BCUT2D eigenvalue weighted by molar-refractivity contribution is 6.20. The maximum Gasteiger partial charge on any atom is 0.321 e. The second-order valence-corrected chi connectivity index (χ2v) is 5.50. The van der Waals surface area contributed by atoms with Crippen molar-refractivity contribution in [3.8, 4) is 0 Å². The number of alkyl halides is 1. The number of nitrogens with zero attached hydrogens (tertiary/aromatic N) is 1. The Bertz CT molecular complexity index is 257. The molecule has 2 rings (SSSR count). The summed E-state index contributed by atoms with van der Waals surface area (Å²) >= 11 is 6.14. The van der Waals surface area contributed by atoms with Crippen molar-refractivity contribution >= 4 is 17.6 Å². The van der Waals surface area contributed by atoms with Gasteiger partial charge in [-0.15, -0.1) is 11.6 Å². The number of hydrogen-bond donors (Lipinski definition) is 1. The van der Waals surface area contributed by atoms with Crippen LogP contribution in [0.2, 0.25) is 0 Å². The average Bonchev–Trinajstić information content (AvgIpc) is 2.16. The van der Waals surface area contributed by atoms with Gasteiger partial charge in [0.2, 0.25) is 0 Å². The van der Waals surface area contributed by atoms with E-state index < -0.39 is 5.97 Å². The lowest BCUT2D eigenvalue weighted by molar-refractivity contribution is -0.148. The van der Waals surface area contributed by atoms with E-state index in [0.29, 0.717) is 5.92 Å². The van der Waals surface area contributed by atoms with Gasteiger partial charge >= 0.3 is 5.97 Å². The fraction of sp³-hybridized carbons (Fsp3) is 0.909. The summed E-state index contributed by atoms with van der Waals surface area (Å²) < 4.78 is 0. The third-order valence-corrected chi connectivity index (χ3v) is 4.37. The van der Waals surface area contributed by atoms with Crippen LogP contribution in [0, 0.1) is 11.8 Å². The molecule has 1 aliphatic carbocycles. The Kier molecular flexibility index (Phi) is 3.21. The summed E-state index contributed by atoms with van der Waals surface area (Å²) in [5, 5.41) is 9.43. The van der Waals surface area contributed by atoms with Crippen molar-refractivity contribution in [3.05, 3.63) is 0 Å². The lowest BCUT2D eigenvalue weighted by atomic mass is 9.71. The first-order valence-electron chi connectivity index (χ1n) is 5.66. The van der Waals surface area contributed by atoms with Crippen LogP contribution in [-0.2, 0) is 4.79 Å². The van der Waals surface area contributed by atoms with E-state index in [-0.39, 0.29) is 17.3 Å². The molecule has 3 nitrogen and oxygen atoms in total. The number of aliphatic carboxylic acids is 1. The molecule has 0 aromatic rings. The number of likely N-dealkylation sites (tertiary alicyclic amines) is 1. The molecule has 4 heteroatoms. The topological polar surface area (TPSA) is 40.5 Å². The van der Waals surface area contributed by atoms with Gasteiger partial charge in [0.05, 0.1) is 0 Å². The van der Waals surface area contributed by atoms with Gasteiger partial charge in [0, 0.05) is 5.38 Å². The van der Waals surface area contributed by atoms with Gasteiger partial charge in [0.1, 0.15) is 6.04 Å². The summed E-state index contributed by atoms with van der Waals surface area (Å²) in [5.74, 6) is 0.160. The van der Waals surface area contributed by atoms with Gasteiger partial charge in [-0.05, 0) is 51.1 Å². The third-order valence-electron chi connectivity index (χ3n) is 3.97. The molecular formula is C11H18ClNO2. The minimum absolute atomic E-state index is 0.180. The highest BCUT2D eigenvalue weighted by Crippen LogP contribution is 2.41. The number of halogens is 1. The van der Waals surface area contributed by atoms with Crippen molar-refractivity contribution in [2.75, 3.05) is 13.6 Å². The van der Waals surface area contributed by atoms with Crippen LogP contribution in [0.15, 0.2) is 0 Å². The van der Waals surface area contributed by atoms with Crippen molar-refractivity contribution < 1.29 is 9.90 Å². The zero-order valence-electron chi connectivity index (χ0n) is 9.03.